The zero-order chi connectivity index (χ0) is 14.5. The van der Waals surface area contributed by atoms with E-state index in [0.717, 1.165) is 19.4 Å². The van der Waals surface area contributed by atoms with E-state index in [9.17, 15) is 15.4 Å². The Balaban J connectivity index is 2.08. The molecule has 1 aromatic rings. The Morgan fingerprint density at radius 1 is 1.65 bits per heavy atom. The van der Waals surface area contributed by atoms with Crippen molar-refractivity contribution in [3.05, 3.63) is 38.9 Å². The molecule has 1 heterocycles. The molecule has 0 aliphatic carbocycles. The van der Waals surface area contributed by atoms with Crippen LogP contribution >= 0.6 is 11.6 Å². The SMILES string of the molecule is N#CC(NCC1CCCO1)c1ccc(Cl)c([N+](=O)[O-])c1. The number of nitrogens with one attached hydrogen (secondary N) is 1. The van der Waals surface area contributed by atoms with E-state index < -0.39 is 11.0 Å². The van der Waals surface area contributed by atoms with Gasteiger partial charge in [-0.3, -0.25) is 15.4 Å². The number of nitro groups is 1. The maximum atomic E-state index is 10.8. The number of hydrogen-bond donors (Lipinski definition) is 1. The number of ether oxygens (including phenoxy) is 1. The van der Waals surface area contributed by atoms with Gasteiger partial charge in [0.25, 0.3) is 5.69 Å². The number of halogens is 1. The second-order valence-corrected chi connectivity index (χ2v) is 4.98. The molecule has 2 unspecified atom stereocenters. The molecule has 1 N–H and O–H groups in total. The van der Waals surface area contributed by atoms with Crippen LogP contribution in [0.15, 0.2) is 18.2 Å². The third kappa shape index (κ3) is 3.45. The second kappa shape index (κ2) is 6.66. The summed E-state index contributed by atoms with van der Waals surface area (Å²) in [6.07, 6.45) is 2.09. The molecule has 20 heavy (non-hydrogen) atoms. The van der Waals surface area contributed by atoms with Gasteiger partial charge in [0.05, 0.1) is 17.1 Å². The summed E-state index contributed by atoms with van der Waals surface area (Å²) >= 11 is 5.75. The van der Waals surface area contributed by atoms with Crippen molar-refractivity contribution < 1.29 is 9.66 Å². The van der Waals surface area contributed by atoms with Gasteiger partial charge in [-0.25, -0.2) is 0 Å². The fourth-order valence-corrected chi connectivity index (χ4v) is 2.33. The van der Waals surface area contributed by atoms with Crippen LogP contribution in [0.1, 0.15) is 24.4 Å². The number of nitriles is 1. The van der Waals surface area contributed by atoms with Gasteiger partial charge in [0, 0.05) is 19.2 Å². The Kier molecular flexibility index (Phi) is 4.90. The monoisotopic (exact) mass is 295 g/mol. The molecule has 1 aliphatic heterocycles. The molecule has 7 heteroatoms. The molecule has 0 amide bonds. The van der Waals surface area contributed by atoms with Gasteiger partial charge in [-0.15, -0.1) is 0 Å². The summed E-state index contributed by atoms with van der Waals surface area (Å²) in [6.45, 7) is 1.30. The lowest BCUT2D eigenvalue weighted by Crippen LogP contribution is -2.29. The normalized spacial score (nSPS) is 19.5. The second-order valence-electron chi connectivity index (χ2n) is 4.57. The lowest BCUT2D eigenvalue weighted by molar-refractivity contribution is -0.384. The van der Waals surface area contributed by atoms with Crippen LogP contribution in [0, 0.1) is 21.4 Å². The summed E-state index contributed by atoms with van der Waals surface area (Å²) in [4.78, 5) is 10.3. The highest BCUT2D eigenvalue weighted by Gasteiger charge is 2.20. The van der Waals surface area contributed by atoms with Crippen LogP contribution < -0.4 is 5.32 Å². The van der Waals surface area contributed by atoms with Gasteiger partial charge in [0.2, 0.25) is 0 Å². The van der Waals surface area contributed by atoms with Gasteiger partial charge in [-0.2, -0.15) is 5.26 Å². The topological polar surface area (TPSA) is 88.2 Å². The Labute approximate surface area is 121 Å². The van der Waals surface area contributed by atoms with Gasteiger partial charge in [0.15, 0.2) is 0 Å². The van der Waals surface area contributed by atoms with Crippen molar-refractivity contribution in [2.45, 2.75) is 25.0 Å². The summed E-state index contributed by atoms with van der Waals surface area (Å²) in [5.41, 5.74) is 0.338. The number of hydrogen-bond acceptors (Lipinski definition) is 5. The van der Waals surface area contributed by atoms with Crippen LogP contribution in [0.3, 0.4) is 0 Å². The minimum Gasteiger partial charge on any atom is -0.377 e. The first-order valence-electron chi connectivity index (χ1n) is 6.30. The molecule has 1 aliphatic rings. The van der Waals surface area contributed by atoms with Crippen LogP contribution in [0.2, 0.25) is 5.02 Å². The summed E-state index contributed by atoms with van der Waals surface area (Å²) in [6, 6.07) is 5.87. The average Bonchev–Trinajstić information content (AvgIpc) is 2.94. The van der Waals surface area contributed by atoms with E-state index in [1.165, 1.54) is 12.1 Å². The van der Waals surface area contributed by atoms with E-state index in [-0.39, 0.29) is 16.8 Å². The van der Waals surface area contributed by atoms with E-state index >= 15 is 0 Å². The van der Waals surface area contributed by atoms with Crippen LogP contribution in [-0.2, 0) is 4.74 Å². The molecule has 2 atom stereocenters. The summed E-state index contributed by atoms with van der Waals surface area (Å²) in [5, 5.41) is 23.2. The van der Waals surface area contributed by atoms with E-state index in [1.54, 1.807) is 6.07 Å². The number of rotatable bonds is 5. The Morgan fingerprint density at radius 3 is 3.05 bits per heavy atom. The zero-order valence-corrected chi connectivity index (χ0v) is 11.5. The lowest BCUT2D eigenvalue weighted by Gasteiger charge is -2.15. The van der Waals surface area contributed by atoms with Crippen molar-refractivity contribution >= 4 is 17.3 Å². The predicted octanol–water partition coefficient (Wildman–Crippen LogP) is 2.58. The minimum absolute atomic E-state index is 0.0644. The van der Waals surface area contributed by atoms with Crippen LogP contribution in [0.25, 0.3) is 0 Å². The average molecular weight is 296 g/mol. The molecule has 1 fully saturated rings. The Morgan fingerprint density at radius 2 is 2.45 bits per heavy atom. The van der Waals surface area contributed by atoms with Crippen molar-refractivity contribution in [2.75, 3.05) is 13.2 Å². The number of benzene rings is 1. The first kappa shape index (κ1) is 14.7. The fourth-order valence-electron chi connectivity index (χ4n) is 2.14. The Hall–Kier alpha value is -1.68. The lowest BCUT2D eigenvalue weighted by atomic mass is 10.1. The highest BCUT2D eigenvalue weighted by Crippen LogP contribution is 2.27. The van der Waals surface area contributed by atoms with E-state index in [1.807, 2.05) is 0 Å². The third-order valence-corrected chi connectivity index (χ3v) is 3.52. The number of nitro benzene ring substituents is 1. The molecule has 0 aromatic heterocycles. The molecule has 6 nitrogen and oxygen atoms in total. The summed E-state index contributed by atoms with van der Waals surface area (Å²) in [5.74, 6) is 0. The summed E-state index contributed by atoms with van der Waals surface area (Å²) in [7, 11) is 0. The largest absolute Gasteiger partial charge is 0.377 e. The third-order valence-electron chi connectivity index (χ3n) is 3.20. The highest BCUT2D eigenvalue weighted by molar-refractivity contribution is 6.32. The zero-order valence-electron chi connectivity index (χ0n) is 10.7. The first-order valence-corrected chi connectivity index (χ1v) is 6.68. The molecule has 0 bridgehead atoms. The first-order chi connectivity index (χ1) is 9.61. The van der Waals surface area contributed by atoms with Crippen molar-refractivity contribution in [2.24, 2.45) is 0 Å². The van der Waals surface area contributed by atoms with Gasteiger partial charge in [-0.1, -0.05) is 17.7 Å². The minimum atomic E-state index is -0.616. The Bertz CT molecular complexity index is 538. The van der Waals surface area contributed by atoms with Gasteiger partial charge < -0.3 is 4.74 Å². The van der Waals surface area contributed by atoms with Crippen molar-refractivity contribution in [1.29, 1.82) is 5.26 Å². The molecular weight excluding hydrogens is 282 g/mol. The molecule has 0 saturated carbocycles. The quantitative estimate of drug-likeness (QED) is 0.666. The standard InChI is InChI=1S/C13H14ClN3O3/c14-11-4-3-9(6-13(11)17(18)19)12(7-15)16-8-10-2-1-5-20-10/h3-4,6,10,12,16H,1-2,5,8H2. The fraction of sp³-hybridized carbons (Fsp3) is 0.462. The van der Waals surface area contributed by atoms with Crippen LogP contribution in [0.5, 0.6) is 0 Å². The number of nitrogens with zero attached hydrogens (tertiary/aromatic N) is 2. The maximum Gasteiger partial charge on any atom is 0.288 e. The molecule has 0 spiro atoms. The molecule has 106 valence electrons. The van der Waals surface area contributed by atoms with E-state index in [2.05, 4.69) is 11.4 Å². The van der Waals surface area contributed by atoms with E-state index in [4.69, 9.17) is 16.3 Å². The smallest absolute Gasteiger partial charge is 0.288 e. The van der Waals surface area contributed by atoms with Crippen molar-refractivity contribution in [3.63, 3.8) is 0 Å². The molecule has 1 saturated heterocycles. The van der Waals surface area contributed by atoms with Crippen molar-refractivity contribution in [3.8, 4) is 6.07 Å². The molecule has 0 radical (unpaired) electrons. The van der Waals surface area contributed by atoms with Gasteiger partial charge in [-0.05, 0) is 24.5 Å². The molecular formula is C13H14ClN3O3. The highest BCUT2D eigenvalue weighted by atomic mass is 35.5. The van der Waals surface area contributed by atoms with Crippen LogP contribution in [-0.4, -0.2) is 24.2 Å². The van der Waals surface area contributed by atoms with Gasteiger partial charge in [0.1, 0.15) is 11.1 Å². The van der Waals surface area contributed by atoms with Crippen molar-refractivity contribution in [1.82, 2.24) is 5.32 Å². The predicted molar refractivity (Wildman–Crippen MR) is 73.4 cm³/mol. The van der Waals surface area contributed by atoms with E-state index in [0.29, 0.717) is 12.1 Å². The maximum absolute atomic E-state index is 10.8. The summed E-state index contributed by atoms with van der Waals surface area (Å²) < 4.78 is 5.46. The van der Waals surface area contributed by atoms with Crippen LogP contribution in [0.4, 0.5) is 5.69 Å². The molecule has 2 rings (SSSR count). The molecule has 1 aromatic carbocycles. The van der Waals surface area contributed by atoms with Gasteiger partial charge >= 0.3 is 0 Å².